The van der Waals surface area contributed by atoms with Gasteiger partial charge >= 0.3 is 0 Å². The molecule has 1 aromatic heterocycles. The molecule has 0 aliphatic rings. The average Bonchev–Trinajstić information content (AvgIpc) is 2.72. The zero-order chi connectivity index (χ0) is 19.1. The van der Waals surface area contributed by atoms with E-state index in [2.05, 4.69) is 0 Å². The van der Waals surface area contributed by atoms with Crippen molar-refractivity contribution in [3.63, 3.8) is 0 Å². The van der Waals surface area contributed by atoms with Crippen LogP contribution in [0.2, 0.25) is 0 Å². The van der Waals surface area contributed by atoms with Gasteiger partial charge in [-0.3, -0.25) is 4.79 Å². The van der Waals surface area contributed by atoms with E-state index in [-0.39, 0.29) is 5.91 Å². The third kappa shape index (κ3) is 4.64. The zero-order valence-corrected chi connectivity index (χ0v) is 16.0. The minimum absolute atomic E-state index is 0.188. The number of pyridine rings is 1. The Hall–Kier alpha value is -2.88. The van der Waals surface area contributed by atoms with Gasteiger partial charge in [0.15, 0.2) is 0 Å². The lowest BCUT2D eigenvalue weighted by Crippen LogP contribution is -2.30. The molecule has 140 valence electrons. The summed E-state index contributed by atoms with van der Waals surface area (Å²) in [7, 11) is 0. The molecule has 1 heterocycles. The van der Waals surface area contributed by atoms with E-state index in [0.717, 1.165) is 41.0 Å². The molecule has 0 N–H and O–H groups in total. The molecule has 27 heavy (non-hydrogen) atoms. The first-order valence-electron chi connectivity index (χ1n) is 9.58. The van der Waals surface area contributed by atoms with E-state index < -0.39 is 0 Å². The first-order valence-corrected chi connectivity index (χ1v) is 9.58. The number of para-hydroxylation sites is 1. The van der Waals surface area contributed by atoms with Crippen LogP contribution in [0.5, 0.6) is 5.75 Å². The normalized spacial score (nSPS) is 10.7. The van der Waals surface area contributed by atoms with E-state index in [1.807, 2.05) is 79.4 Å². The van der Waals surface area contributed by atoms with Gasteiger partial charge in [0.2, 0.25) is 5.91 Å². The molecule has 0 aliphatic carbocycles. The summed E-state index contributed by atoms with van der Waals surface area (Å²) in [4.78, 5) is 18.8. The molecule has 0 atom stereocenters. The van der Waals surface area contributed by atoms with E-state index >= 15 is 0 Å². The van der Waals surface area contributed by atoms with Crippen LogP contribution in [0.15, 0.2) is 60.7 Å². The molecule has 0 spiro atoms. The van der Waals surface area contributed by atoms with E-state index in [0.29, 0.717) is 19.4 Å². The Labute approximate surface area is 160 Å². The molecule has 0 aliphatic heterocycles. The van der Waals surface area contributed by atoms with Crippen molar-refractivity contribution in [1.29, 1.82) is 0 Å². The fourth-order valence-electron chi connectivity index (χ4n) is 3.16. The molecule has 0 saturated carbocycles. The van der Waals surface area contributed by atoms with Crippen molar-refractivity contribution in [2.45, 2.75) is 26.7 Å². The number of hydrogen-bond acceptors (Lipinski definition) is 3. The molecule has 2 aromatic carbocycles. The summed E-state index contributed by atoms with van der Waals surface area (Å²) in [5, 5.41) is 0.993. The molecular formula is C23H26N2O2. The number of ether oxygens (including phenoxy) is 1. The lowest BCUT2D eigenvalue weighted by molar-refractivity contribution is -0.131. The number of carbonyl (C=O) groups excluding carboxylic acids is 1. The third-order valence-electron chi connectivity index (χ3n) is 4.66. The summed E-state index contributed by atoms with van der Waals surface area (Å²) in [5.41, 5.74) is 2.86. The summed E-state index contributed by atoms with van der Waals surface area (Å²) < 4.78 is 6.07. The van der Waals surface area contributed by atoms with Crippen molar-refractivity contribution in [3.8, 4) is 17.0 Å². The van der Waals surface area contributed by atoms with Gasteiger partial charge in [0.1, 0.15) is 5.75 Å². The Balaban J connectivity index is 1.74. The second kappa shape index (κ2) is 9.17. The van der Waals surface area contributed by atoms with Gasteiger partial charge < -0.3 is 9.64 Å². The van der Waals surface area contributed by atoms with Crippen molar-refractivity contribution in [2.75, 3.05) is 19.7 Å². The highest BCUT2D eigenvalue weighted by Crippen LogP contribution is 2.30. The van der Waals surface area contributed by atoms with Gasteiger partial charge in [-0.2, -0.15) is 0 Å². The number of fused-ring (bicyclic) bond motifs is 1. The molecule has 0 unspecified atom stereocenters. The number of rotatable bonds is 8. The summed E-state index contributed by atoms with van der Waals surface area (Å²) >= 11 is 0. The summed E-state index contributed by atoms with van der Waals surface area (Å²) in [6.45, 7) is 6.03. The lowest BCUT2D eigenvalue weighted by Gasteiger charge is -2.18. The lowest BCUT2D eigenvalue weighted by atomic mass is 10.1. The van der Waals surface area contributed by atoms with Crippen LogP contribution in [0.3, 0.4) is 0 Å². The van der Waals surface area contributed by atoms with E-state index in [1.54, 1.807) is 0 Å². The van der Waals surface area contributed by atoms with Gasteiger partial charge in [-0.05, 0) is 32.4 Å². The number of benzene rings is 2. The van der Waals surface area contributed by atoms with Crippen molar-refractivity contribution in [3.05, 3.63) is 60.7 Å². The Morgan fingerprint density at radius 2 is 1.70 bits per heavy atom. The number of aromatic nitrogens is 1. The van der Waals surface area contributed by atoms with Gasteiger partial charge in [0.05, 0.1) is 17.8 Å². The largest absolute Gasteiger partial charge is 0.493 e. The maximum Gasteiger partial charge on any atom is 0.222 e. The average molecular weight is 362 g/mol. The predicted molar refractivity (Wildman–Crippen MR) is 110 cm³/mol. The fraction of sp³-hybridized carbons (Fsp3) is 0.304. The van der Waals surface area contributed by atoms with Crippen molar-refractivity contribution < 1.29 is 9.53 Å². The Morgan fingerprint density at radius 1 is 1.00 bits per heavy atom. The minimum atomic E-state index is 0.188. The highest BCUT2D eigenvalue weighted by atomic mass is 16.5. The van der Waals surface area contributed by atoms with Crippen LogP contribution >= 0.6 is 0 Å². The van der Waals surface area contributed by atoms with E-state index in [1.165, 1.54) is 0 Å². The first-order chi connectivity index (χ1) is 13.2. The molecule has 0 radical (unpaired) electrons. The number of nitrogens with zero attached hydrogens (tertiary/aromatic N) is 2. The monoisotopic (exact) mass is 362 g/mol. The third-order valence-corrected chi connectivity index (χ3v) is 4.66. The van der Waals surface area contributed by atoms with Crippen LogP contribution in [-0.4, -0.2) is 35.5 Å². The SMILES string of the molecule is CCN(CC)C(=O)CCCOc1cc(-c2ccccc2)nc2ccccc12. The molecular weight excluding hydrogens is 336 g/mol. The van der Waals surface area contributed by atoms with Gasteiger partial charge in [0.25, 0.3) is 0 Å². The predicted octanol–water partition coefficient (Wildman–Crippen LogP) is 4.93. The smallest absolute Gasteiger partial charge is 0.222 e. The van der Waals surface area contributed by atoms with Crippen LogP contribution in [0.4, 0.5) is 0 Å². The van der Waals surface area contributed by atoms with Gasteiger partial charge in [0, 0.05) is 36.5 Å². The van der Waals surface area contributed by atoms with E-state index in [4.69, 9.17) is 9.72 Å². The molecule has 4 heteroatoms. The van der Waals surface area contributed by atoms with Crippen LogP contribution in [0, 0.1) is 0 Å². The van der Waals surface area contributed by atoms with Crippen LogP contribution in [0.1, 0.15) is 26.7 Å². The Kier molecular flexibility index (Phi) is 6.42. The Bertz CT molecular complexity index is 889. The van der Waals surface area contributed by atoms with Crippen molar-refractivity contribution in [1.82, 2.24) is 9.88 Å². The molecule has 3 rings (SSSR count). The molecule has 4 nitrogen and oxygen atoms in total. The number of amides is 1. The molecule has 0 fully saturated rings. The maximum atomic E-state index is 12.1. The highest BCUT2D eigenvalue weighted by molar-refractivity contribution is 5.87. The summed E-state index contributed by atoms with van der Waals surface area (Å²) in [5.74, 6) is 1.00. The van der Waals surface area contributed by atoms with Gasteiger partial charge in [-0.15, -0.1) is 0 Å². The first kappa shape index (κ1) is 18.9. The number of carbonyl (C=O) groups is 1. The standard InChI is InChI=1S/C23H26N2O2/c1-3-25(4-2)23(26)15-10-16-27-22-17-21(18-11-6-5-7-12-18)24-20-14-9-8-13-19(20)22/h5-9,11-14,17H,3-4,10,15-16H2,1-2H3. The van der Waals surface area contributed by atoms with Crippen LogP contribution in [-0.2, 0) is 4.79 Å². The summed E-state index contributed by atoms with van der Waals surface area (Å²) in [6.07, 6.45) is 1.21. The second-order valence-electron chi connectivity index (χ2n) is 6.41. The van der Waals surface area contributed by atoms with Crippen molar-refractivity contribution >= 4 is 16.8 Å². The summed E-state index contributed by atoms with van der Waals surface area (Å²) in [6, 6.07) is 20.1. The topological polar surface area (TPSA) is 42.4 Å². The van der Waals surface area contributed by atoms with Gasteiger partial charge in [-0.1, -0.05) is 42.5 Å². The molecule has 0 saturated heterocycles. The minimum Gasteiger partial charge on any atom is -0.493 e. The van der Waals surface area contributed by atoms with Crippen LogP contribution in [0.25, 0.3) is 22.2 Å². The van der Waals surface area contributed by atoms with Crippen LogP contribution < -0.4 is 4.74 Å². The number of hydrogen-bond donors (Lipinski definition) is 0. The van der Waals surface area contributed by atoms with E-state index in [9.17, 15) is 4.79 Å². The maximum absolute atomic E-state index is 12.1. The molecule has 0 bridgehead atoms. The zero-order valence-electron chi connectivity index (χ0n) is 16.0. The highest BCUT2D eigenvalue weighted by Gasteiger charge is 2.11. The molecule has 3 aromatic rings. The Morgan fingerprint density at radius 3 is 2.44 bits per heavy atom. The fourth-order valence-corrected chi connectivity index (χ4v) is 3.16. The quantitative estimate of drug-likeness (QED) is 0.534. The molecule has 1 amide bonds. The van der Waals surface area contributed by atoms with Crippen molar-refractivity contribution in [2.24, 2.45) is 0 Å². The van der Waals surface area contributed by atoms with Gasteiger partial charge in [-0.25, -0.2) is 4.98 Å². The second-order valence-corrected chi connectivity index (χ2v) is 6.41.